The maximum Gasteiger partial charge on any atom is 0.283 e. The van der Waals surface area contributed by atoms with Crippen molar-refractivity contribution in [1.29, 1.82) is 0 Å². The number of nitrogens with zero attached hydrogens (tertiary/aromatic N) is 1. The number of benzene rings is 1. The average molecular weight is 518 g/mol. The summed E-state index contributed by atoms with van der Waals surface area (Å²) in [6.07, 6.45) is -0.220. The van der Waals surface area contributed by atoms with E-state index in [4.69, 9.17) is 5.73 Å². The molecule has 36 heavy (non-hydrogen) atoms. The number of nitrogens with one attached hydrogen (secondary N) is 1. The number of Topliss-reactive ketones (excluding diaryl/α,β-unsaturated/α-hetero) is 4. The monoisotopic (exact) mass is 517 g/mol. The molecule has 2 unspecified atom stereocenters. The van der Waals surface area contributed by atoms with E-state index in [-0.39, 0.29) is 24.1 Å². The Morgan fingerprint density at radius 3 is 2.44 bits per heavy atom. The number of rotatable bonds is 4. The van der Waals surface area contributed by atoms with Gasteiger partial charge in [-0.25, -0.2) is 0 Å². The number of aromatic hydroxyl groups is 1. The first kappa shape index (κ1) is 25.8. The van der Waals surface area contributed by atoms with Gasteiger partial charge < -0.3 is 26.2 Å². The Bertz CT molecular complexity index is 1230. The van der Waals surface area contributed by atoms with Gasteiger partial charge in [0.25, 0.3) is 5.24 Å². The molecular weight excluding hydrogens is 490 g/mol. The Labute approximate surface area is 210 Å². The predicted octanol–water partition coefficient (Wildman–Crippen LogP) is 0.678. The summed E-state index contributed by atoms with van der Waals surface area (Å²) < 4.78 is 0. The van der Waals surface area contributed by atoms with Crippen molar-refractivity contribution in [2.45, 2.75) is 31.8 Å². The van der Waals surface area contributed by atoms with Crippen molar-refractivity contribution in [1.82, 2.24) is 0 Å². The number of primary amides is 1. The lowest BCUT2D eigenvalue weighted by Gasteiger charge is -2.48. The molecule has 3 aliphatic rings. The molecule has 1 aromatic carbocycles. The van der Waals surface area contributed by atoms with E-state index in [1.54, 1.807) is 32.0 Å². The molecule has 11 nitrogen and oxygen atoms in total. The number of phenols is 1. The molecule has 5 atom stereocenters. The molecule has 4 rings (SSSR count). The molecule has 0 bridgehead atoms. The molecule has 2 amide bonds. The topological polar surface area (TPSA) is 184 Å². The molecule has 0 radical (unpaired) electrons. The number of phenolic OH excluding ortho intramolecular Hbond substituents is 1. The molecule has 1 aromatic rings. The van der Waals surface area contributed by atoms with Crippen LogP contribution in [0.25, 0.3) is 0 Å². The van der Waals surface area contributed by atoms with Crippen LogP contribution < -0.4 is 16.0 Å². The number of fused-ring (bicyclic) bond motifs is 3. The first-order chi connectivity index (χ1) is 16.8. The van der Waals surface area contributed by atoms with E-state index in [1.165, 1.54) is 0 Å². The maximum absolute atomic E-state index is 13.7. The van der Waals surface area contributed by atoms with Crippen LogP contribution in [0.15, 0.2) is 6.07 Å². The van der Waals surface area contributed by atoms with Gasteiger partial charge in [-0.1, -0.05) is 18.7 Å². The molecule has 12 heteroatoms. The van der Waals surface area contributed by atoms with Crippen LogP contribution in [0.4, 0.5) is 16.2 Å². The summed E-state index contributed by atoms with van der Waals surface area (Å²) in [5.74, 6) is -10.4. The quantitative estimate of drug-likeness (QED) is 0.327. The van der Waals surface area contributed by atoms with Gasteiger partial charge in [-0.05, 0) is 36.1 Å². The Balaban J connectivity index is 1.82. The molecule has 5 N–H and O–H groups in total. The summed E-state index contributed by atoms with van der Waals surface area (Å²) in [5.41, 5.74) is 3.33. The van der Waals surface area contributed by atoms with Gasteiger partial charge in [-0.3, -0.25) is 28.8 Å². The standard InChI is InChI=1S/C24H27N3O8S/c1-4-36-23(34)26-12-8-13(27(2)3)11-6-9-5-10-7-14(28)17(22(25)33)21(32)24(10,35)20(31)15(9)19(30)16(11)18(12)29/h8-10,15,17,29,35H,4-7H2,1-3H3,(H2,25,33)(H,26,34)/t9-,10+,15?,17?,24+/m1/s1. The lowest BCUT2D eigenvalue weighted by Crippen LogP contribution is -2.68. The Morgan fingerprint density at radius 1 is 1.19 bits per heavy atom. The summed E-state index contributed by atoms with van der Waals surface area (Å²) in [4.78, 5) is 78.4. The molecule has 2 fully saturated rings. The Morgan fingerprint density at radius 2 is 1.86 bits per heavy atom. The minimum absolute atomic E-state index is 0.0109. The van der Waals surface area contributed by atoms with Crippen LogP contribution in [-0.4, -0.2) is 69.9 Å². The Hall–Kier alpha value is -3.25. The lowest BCUT2D eigenvalue weighted by molar-refractivity contribution is -0.175. The van der Waals surface area contributed by atoms with Crippen molar-refractivity contribution in [2.24, 2.45) is 29.4 Å². The van der Waals surface area contributed by atoms with Crippen LogP contribution in [0.5, 0.6) is 5.75 Å². The molecule has 0 saturated heterocycles. The van der Waals surface area contributed by atoms with Gasteiger partial charge in [-0.15, -0.1) is 0 Å². The van der Waals surface area contributed by atoms with E-state index in [1.807, 2.05) is 0 Å². The smallest absolute Gasteiger partial charge is 0.283 e. The van der Waals surface area contributed by atoms with Gasteiger partial charge >= 0.3 is 0 Å². The van der Waals surface area contributed by atoms with Crippen molar-refractivity contribution in [2.75, 3.05) is 30.1 Å². The van der Waals surface area contributed by atoms with E-state index < -0.39 is 75.7 Å². The molecule has 0 spiro atoms. The van der Waals surface area contributed by atoms with E-state index in [0.29, 0.717) is 17.0 Å². The van der Waals surface area contributed by atoms with Crippen molar-refractivity contribution in [3.05, 3.63) is 17.2 Å². The molecular formula is C24H27N3O8S. The number of aliphatic hydroxyl groups is 1. The summed E-state index contributed by atoms with van der Waals surface area (Å²) in [6, 6.07) is 1.54. The summed E-state index contributed by atoms with van der Waals surface area (Å²) >= 11 is 0.971. The molecule has 3 aliphatic carbocycles. The largest absolute Gasteiger partial charge is 0.505 e. The highest BCUT2D eigenvalue weighted by molar-refractivity contribution is 8.13. The van der Waals surface area contributed by atoms with Crippen molar-refractivity contribution in [3.63, 3.8) is 0 Å². The van der Waals surface area contributed by atoms with E-state index in [0.717, 1.165) is 11.8 Å². The predicted molar refractivity (Wildman–Crippen MR) is 130 cm³/mol. The number of hydrogen-bond acceptors (Lipinski definition) is 10. The fourth-order valence-corrected chi connectivity index (χ4v) is 6.23. The molecule has 0 aliphatic heterocycles. The van der Waals surface area contributed by atoms with E-state index in [2.05, 4.69) is 5.32 Å². The van der Waals surface area contributed by atoms with Gasteiger partial charge in [0.1, 0.15) is 5.75 Å². The minimum Gasteiger partial charge on any atom is -0.505 e. The highest BCUT2D eigenvalue weighted by Gasteiger charge is 2.66. The highest BCUT2D eigenvalue weighted by Crippen LogP contribution is 2.52. The summed E-state index contributed by atoms with van der Waals surface area (Å²) in [6.45, 7) is 1.78. The lowest BCUT2D eigenvalue weighted by atomic mass is 9.53. The first-order valence-electron chi connectivity index (χ1n) is 11.5. The van der Waals surface area contributed by atoms with Crippen molar-refractivity contribution >= 4 is 57.4 Å². The zero-order chi connectivity index (χ0) is 26.7. The number of carbonyl (C=O) groups excluding carboxylic acids is 6. The maximum atomic E-state index is 13.7. The molecule has 0 heterocycles. The van der Waals surface area contributed by atoms with E-state index in [9.17, 15) is 39.0 Å². The van der Waals surface area contributed by atoms with Gasteiger partial charge in [0.05, 0.1) is 17.2 Å². The van der Waals surface area contributed by atoms with Gasteiger partial charge in [0, 0.05) is 32.1 Å². The second kappa shape index (κ2) is 9.00. The highest BCUT2D eigenvalue weighted by atomic mass is 32.2. The third kappa shape index (κ3) is 3.70. The zero-order valence-corrected chi connectivity index (χ0v) is 20.8. The summed E-state index contributed by atoms with van der Waals surface area (Å²) in [7, 11) is 3.45. The molecule has 2 saturated carbocycles. The van der Waals surface area contributed by atoms with Crippen LogP contribution in [0, 0.1) is 23.7 Å². The fraction of sp³-hybridized carbons (Fsp3) is 0.500. The Kier molecular flexibility index (Phi) is 6.46. The number of hydrogen-bond donors (Lipinski definition) is 4. The first-order valence-corrected chi connectivity index (χ1v) is 12.5. The molecule has 192 valence electrons. The fourth-order valence-electron chi connectivity index (χ4n) is 5.79. The number of thioether (sulfide) groups is 1. The number of carbonyl (C=O) groups is 6. The van der Waals surface area contributed by atoms with Crippen LogP contribution in [-0.2, 0) is 25.6 Å². The van der Waals surface area contributed by atoms with Crippen LogP contribution in [0.2, 0.25) is 0 Å². The third-order valence-corrected chi connectivity index (χ3v) is 8.03. The molecule has 0 aromatic heterocycles. The van der Waals surface area contributed by atoms with Crippen LogP contribution in [0.3, 0.4) is 0 Å². The number of anilines is 2. The second-order valence-electron chi connectivity index (χ2n) is 9.62. The van der Waals surface area contributed by atoms with Gasteiger partial charge in [-0.2, -0.15) is 0 Å². The number of amides is 2. The third-order valence-electron chi connectivity index (χ3n) is 7.37. The number of ketones is 4. The normalized spacial score (nSPS) is 29.2. The van der Waals surface area contributed by atoms with Gasteiger partial charge in [0.2, 0.25) is 5.91 Å². The van der Waals surface area contributed by atoms with Crippen LogP contribution in [0.1, 0.15) is 35.7 Å². The van der Waals surface area contributed by atoms with Crippen molar-refractivity contribution < 1.29 is 39.0 Å². The average Bonchev–Trinajstić information content (AvgIpc) is 2.77. The van der Waals surface area contributed by atoms with Crippen molar-refractivity contribution in [3.8, 4) is 5.75 Å². The SMILES string of the molecule is CCSC(=O)Nc1cc(N(C)C)c2c(c1O)C(=O)C1C(=O)[C@]3(O)C(=O)C(C(N)=O)C(=O)C[C@@H]3C[C@@H]1C2. The van der Waals surface area contributed by atoms with Gasteiger partial charge in [0.15, 0.2) is 34.7 Å². The zero-order valence-electron chi connectivity index (χ0n) is 20.0. The van der Waals surface area contributed by atoms with Crippen LogP contribution >= 0.6 is 11.8 Å². The number of nitrogens with two attached hydrogens (primary N) is 1. The minimum atomic E-state index is -2.70. The summed E-state index contributed by atoms with van der Waals surface area (Å²) in [5, 5.41) is 24.4. The second-order valence-corrected chi connectivity index (χ2v) is 10.9. The van der Waals surface area contributed by atoms with E-state index >= 15 is 0 Å².